The predicted octanol–water partition coefficient (Wildman–Crippen LogP) is 3.19. The van der Waals surface area contributed by atoms with Crippen molar-refractivity contribution in [2.24, 2.45) is 0 Å². The van der Waals surface area contributed by atoms with Gasteiger partial charge < -0.3 is 30.1 Å². The Kier molecular flexibility index (Phi) is 11.4. The third-order valence-electron chi connectivity index (χ3n) is 5.13. The van der Waals surface area contributed by atoms with Crippen LogP contribution in [0, 0.1) is 0 Å². The topological polar surface area (TPSA) is 129 Å². The Hall–Kier alpha value is -3.06. The second-order valence-electron chi connectivity index (χ2n) is 8.16. The Bertz CT molecular complexity index is 1020. The van der Waals surface area contributed by atoms with Crippen LogP contribution in [0.25, 0.3) is 0 Å². The van der Waals surface area contributed by atoms with E-state index in [4.69, 9.17) is 31.0 Å². The molecule has 0 radical (unpaired) electrons. The molecule has 1 saturated heterocycles. The van der Waals surface area contributed by atoms with Crippen LogP contribution in [0.1, 0.15) is 13.3 Å². The average Bonchev–Trinajstić information content (AvgIpc) is 3.20. The Labute approximate surface area is 216 Å². The van der Waals surface area contributed by atoms with Crippen LogP contribution in [0.5, 0.6) is 11.5 Å². The molecule has 4 N–H and O–H groups in total. The lowest BCUT2D eigenvalue weighted by Gasteiger charge is -2.25. The van der Waals surface area contributed by atoms with Gasteiger partial charge in [0.05, 0.1) is 12.3 Å². The van der Waals surface area contributed by atoms with Gasteiger partial charge in [0.15, 0.2) is 0 Å². The lowest BCUT2D eigenvalue weighted by atomic mass is 10.2. The van der Waals surface area contributed by atoms with Crippen LogP contribution in [-0.2, 0) is 9.59 Å². The number of β-amino-alcohol motifs (C(OH)–C–C–N with tert-alkyl or cyclic N) is 1. The maximum atomic E-state index is 11.3. The van der Waals surface area contributed by atoms with Gasteiger partial charge in [-0.2, -0.15) is 13.2 Å². The number of para-hydroxylation sites is 2. The summed E-state index contributed by atoms with van der Waals surface area (Å²) in [6.45, 7) is 2.41. The quantitative estimate of drug-likeness (QED) is 0.376. The van der Waals surface area contributed by atoms with E-state index in [0.717, 1.165) is 5.75 Å². The molecular weight excluding hydrogens is 521 g/mol. The lowest BCUT2D eigenvalue weighted by molar-refractivity contribution is -0.192. The highest BCUT2D eigenvalue weighted by atomic mass is 35.5. The normalized spacial score (nSPS) is 18.4. The van der Waals surface area contributed by atoms with Gasteiger partial charge in [0, 0.05) is 37.5 Å². The van der Waals surface area contributed by atoms with E-state index < -0.39 is 18.2 Å². The summed E-state index contributed by atoms with van der Waals surface area (Å²) in [7, 11) is 0. The van der Waals surface area contributed by atoms with E-state index in [9.17, 15) is 28.2 Å². The summed E-state index contributed by atoms with van der Waals surface area (Å²) in [5.41, 5.74) is 0.558. The van der Waals surface area contributed by atoms with Crippen LogP contribution in [-0.4, -0.2) is 82.8 Å². The van der Waals surface area contributed by atoms with E-state index >= 15 is 0 Å². The number of carboxylic acid groups (broad SMARTS) is 1. The molecular formula is C24H28ClF3N2O7. The van der Waals surface area contributed by atoms with Crippen LogP contribution in [0.3, 0.4) is 0 Å². The number of hydrogen-bond donors (Lipinski definition) is 4. The molecule has 0 bridgehead atoms. The van der Waals surface area contributed by atoms with Gasteiger partial charge in [-0.15, -0.1) is 0 Å². The van der Waals surface area contributed by atoms with E-state index in [1.807, 2.05) is 17.0 Å². The van der Waals surface area contributed by atoms with Crippen molar-refractivity contribution in [2.75, 3.05) is 31.6 Å². The zero-order valence-corrected chi connectivity index (χ0v) is 20.6. The highest BCUT2D eigenvalue weighted by Gasteiger charge is 2.38. The molecule has 0 aromatic heterocycles. The summed E-state index contributed by atoms with van der Waals surface area (Å²) in [6.07, 6.45) is -5.27. The van der Waals surface area contributed by atoms with E-state index in [1.54, 1.807) is 36.4 Å². The molecule has 1 aliphatic heterocycles. The zero-order chi connectivity index (χ0) is 27.6. The molecule has 1 heterocycles. The van der Waals surface area contributed by atoms with Crippen molar-refractivity contribution in [2.45, 2.75) is 37.8 Å². The number of carboxylic acids is 1. The maximum absolute atomic E-state index is 11.3. The number of anilines is 1. The number of amides is 1. The van der Waals surface area contributed by atoms with Gasteiger partial charge in [0.25, 0.3) is 0 Å². The zero-order valence-electron chi connectivity index (χ0n) is 19.8. The fourth-order valence-electron chi connectivity index (χ4n) is 3.54. The number of rotatable bonds is 9. The molecule has 0 saturated carbocycles. The Morgan fingerprint density at radius 2 is 1.81 bits per heavy atom. The largest absolute Gasteiger partial charge is 0.490 e. The molecule has 37 heavy (non-hydrogen) atoms. The van der Waals surface area contributed by atoms with Gasteiger partial charge in [-0.25, -0.2) is 4.79 Å². The molecule has 2 aromatic carbocycles. The number of aliphatic carboxylic acids is 1. The van der Waals surface area contributed by atoms with E-state index in [2.05, 4.69) is 5.32 Å². The smallest absolute Gasteiger partial charge is 0.489 e. The van der Waals surface area contributed by atoms with Crippen LogP contribution >= 0.6 is 11.6 Å². The first-order chi connectivity index (χ1) is 17.4. The molecule has 1 aliphatic rings. The average molecular weight is 549 g/mol. The minimum atomic E-state index is -5.08. The molecule has 1 amide bonds. The first-order valence-corrected chi connectivity index (χ1v) is 11.5. The summed E-state index contributed by atoms with van der Waals surface area (Å²) in [4.78, 5) is 22.2. The predicted molar refractivity (Wildman–Crippen MR) is 129 cm³/mol. The molecule has 1 fully saturated rings. The van der Waals surface area contributed by atoms with Crippen molar-refractivity contribution in [3.8, 4) is 11.5 Å². The number of alkyl halides is 3. The van der Waals surface area contributed by atoms with Crippen molar-refractivity contribution in [3.63, 3.8) is 0 Å². The second kappa shape index (κ2) is 14.0. The number of hydrogen-bond acceptors (Lipinski definition) is 7. The van der Waals surface area contributed by atoms with Crippen molar-refractivity contribution in [1.29, 1.82) is 0 Å². The second-order valence-corrected chi connectivity index (χ2v) is 8.60. The molecule has 3 atom stereocenters. The molecule has 0 unspecified atom stereocenters. The van der Waals surface area contributed by atoms with E-state index in [1.165, 1.54) is 6.92 Å². The van der Waals surface area contributed by atoms with Crippen LogP contribution in [0.15, 0.2) is 48.5 Å². The standard InChI is InChI=1S/C22H27ClN2O5.C2HF3O2/c1-15(27)24-21-4-2-3-5-22(21)29-14-18(28)11-25-12-20(10-17(25)13-26)30-19-8-6-16(23)7-9-19;3-2(4,5)1(6)7/h2-9,17-18,20,26,28H,10-14H2,1H3,(H,24,27);(H,6,7)/t17-,18-,20-;/m0./s1. The number of nitrogens with zero attached hydrogens (tertiary/aromatic N) is 1. The Balaban J connectivity index is 0.000000604. The monoisotopic (exact) mass is 548 g/mol. The number of halogens is 4. The van der Waals surface area contributed by atoms with Gasteiger partial charge >= 0.3 is 12.1 Å². The van der Waals surface area contributed by atoms with E-state index in [-0.39, 0.29) is 31.3 Å². The lowest BCUT2D eigenvalue weighted by Crippen LogP contribution is -2.40. The maximum Gasteiger partial charge on any atom is 0.490 e. The number of aliphatic hydroxyl groups is 2. The summed E-state index contributed by atoms with van der Waals surface area (Å²) >= 11 is 5.91. The van der Waals surface area contributed by atoms with Gasteiger partial charge in [0.2, 0.25) is 5.91 Å². The highest BCUT2D eigenvalue weighted by Crippen LogP contribution is 2.26. The summed E-state index contributed by atoms with van der Waals surface area (Å²) in [6, 6.07) is 14.1. The van der Waals surface area contributed by atoms with Gasteiger partial charge in [-0.1, -0.05) is 23.7 Å². The summed E-state index contributed by atoms with van der Waals surface area (Å²) < 4.78 is 43.4. The molecule has 2 aromatic rings. The van der Waals surface area contributed by atoms with Crippen molar-refractivity contribution in [1.82, 2.24) is 4.90 Å². The van der Waals surface area contributed by atoms with Crippen LogP contribution in [0.4, 0.5) is 18.9 Å². The van der Waals surface area contributed by atoms with E-state index in [0.29, 0.717) is 36.0 Å². The Morgan fingerprint density at radius 3 is 2.38 bits per heavy atom. The molecule has 0 spiro atoms. The third-order valence-corrected chi connectivity index (χ3v) is 5.39. The third kappa shape index (κ3) is 10.4. The number of likely N-dealkylation sites (tertiary alicyclic amines) is 1. The SMILES string of the molecule is CC(=O)Nc1ccccc1OC[C@@H](O)CN1C[C@@H](Oc2ccc(Cl)cc2)C[C@H]1CO.O=C(O)C(F)(F)F. The molecule has 9 nitrogen and oxygen atoms in total. The number of ether oxygens (including phenoxy) is 2. The molecule has 0 aliphatic carbocycles. The van der Waals surface area contributed by atoms with Gasteiger partial charge in [-0.05, 0) is 36.4 Å². The fraction of sp³-hybridized carbons (Fsp3) is 0.417. The number of benzene rings is 2. The van der Waals surface area contributed by atoms with Gasteiger partial charge in [-0.3, -0.25) is 9.69 Å². The Morgan fingerprint density at radius 1 is 1.19 bits per heavy atom. The minimum absolute atomic E-state index is 0.0145. The van der Waals surface area contributed by atoms with Crippen molar-refractivity contribution >= 4 is 29.2 Å². The number of nitrogens with one attached hydrogen (secondary N) is 1. The van der Waals surface area contributed by atoms with Crippen molar-refractivity contribution < 1.29 is 47.6 Å². The highest BCUT2D eigenvalue weighted by molar-refractivity contribution is 6.30. The summed E-state index contributed by atoms with van der Waals surface area (Å²) in [5.74, 6) is -1.73. The molecule has 13 heteroatoms. The number of carbonyl (C=O) groups is 2. The van der Waals surface area contributed by atoms with Gasteiger partial charge in [0.1, 0.15) is 30.3 Å². The minimum Gasteiger partial charge on any atom is -0.489 e. The first kappa shape index (κ1) is 30.2. The van der Waals surface area contributed by atoms with Crippen LogP contribution < -0.4 is 14.8 Å². The number of carbonyl (C=O) groups excluding carboxylic acids is 1. The fourth-order valence-corrected chi connectivity index (χ4v) is 3.66. The molecule has 3 rings (SSSR count). The number of aliphatic hydroxyl groups excluding tert-OH is 2. The molecule has 204 valence electrons. The van der Waals surface area contributed by atoms with Crippen molar-refractivity contribution in [3.05, 3.63) is 53.6 Å². The first-order valence-electron chi connectivity index (χ1n) is 11.1. The summed E-state index contributed by atoms with van der Waals surface area (Å²) in [5, 5.41) is 30.7. The van der Waals surface area contributed by atoms with Crippen LogP contribution in [0.2, 0.25) is 5.02 Å².